The topological polar surface area (TPSA) is 265 Å². The zero-order valence-corrected chi connectivity index (χ0v) is 40.0. The Morgan fingerprint density at radius 2 is 1.06 bits per heavy atom. The van der Waals surface area contributed by atoms with Crippen molar-refractivity contribution in [2.75, 3.05) is 26.4 Å². The van der Waals surface area contributed by atoms with Crippen LogP contribution >= 0.6 is 0 Å². The van der Waals surface area contributed by atoms with E-state index in [1.807, 2.05) is 12.2 Å². The van der Waals surface area contributed by atoms with Gasteiger partial charge in [0, 0.05) is 24.7 Å². The molecule has 386 valence electrons. The number of aliphatic hydroxyl groups excluding tert-OH is 7. The Morgan fingerprint density at radius 1 is 0.588 bits per heavy atom. The second kappa shape index (κ2) is 31.2. The Kier molecular flexibility index (Phi) is 26.3. The first-order chi connectivity index (χ1) is 32.8. The lowest BCUT2D eigenvalue weighted by molar-refractivity contribution is -0.332. The number of hydrogen-bond acceptors (Lipinski definition) is 17. The molecule has 17 heteroatoms. The van der Waals surface area contributed by atoms with Crippen LogP contribution in [0, 0.1) is 23.7 Å². The number of rotatable bonds is 32. The number of ketones is 2. The van der Waals surface area contributed by atoms with Crippen LogP contribution in [-0.4, -0.2) is 153 Å². The summed E-state index contributed by atoms with van der Waals surface area (Å²) < 4.78 is 33.5. The van der Waals surface area contributed by atoms with Gasteiger partial charge in [0.15, 0.2) is 30.3 Å². The fourth-order valence-electron chi connectivity index (χ4n) is 9.14. The Hall–Kier alpha value is -3.20. The van der Waals surface area contributed by atoms with Gasteiger partial charge in [0.05, 0.1) is 19.8 Å². The van der Waals surface area contributed by atoms with Crippen LogP contribution in [0.25, 0.3) is 0 Å². The van der Waals surface area contributed by atoms with E-state index in [1.54, 1.807) is 12.2 Å². The Labute approximate surface area is 401 Å². The molecule has 4 aliphatic rings. The van der Waals surface area contributed by atoms with Crippen LogP contribution in [0.5, 0.6) is 0 Å². The molecule has 2 fully saturated rings. The number of carbonyl (C=O) groups is 4. The normalized spacial score (nSPS) is 32.2. The summed E-state index contributed by atoms with van der Waals surface area (Å²) in [5.74, 6) is -0.138. The van der Waals surface area contributed by atoms with Crippen molar-refractivity contribution in [3.63, 3.8) is 0 Å². The fourth-order valence-corrected chi connectivity index (χ4v) is 9.14. The van der Waals surface area contributed by atoms with Gasteiger partial charge in [-0.1, -0.05) is 102 Å². The predicted molar refractivity (Wildman–Crippen MR) is 248 cm³/mol. The Balaban J connectivity index is 1.23. The maximum Gasteiger partial charge on any atom is 0.306 e. The van der Waals surface area contributed by atoms with Crippen LogP contribution in [-0.2, 0) is 47.6 Å². The molecule has 2 aliphatic heterocycles. The molecule has 2 aliphatic carbocycles. The summed E-state index contributed by atoms with van der Waals surface area (Å²) >= 11 is 0. The predicted octanol–water partition coefficient (Wildman–Crippen LogP) is 4.00. The number of allylic oxidation sites excluding steroid dienone is 8. The van der Waals surface area contributed by atoms with Crippen molar-refractivity contribution in [2.24, 2.45) is 23.7 Å². The molecule has 0 spiro atoms. The molecule has 2 heterocycles. The molecule has 4 rings (SSSR count). The largest absolute Gasteiger partial charge is 0.462 e. The summed E-state index contributed by atoms with van der Waals surface area (Å²) in [5.41, 5.74) is 0. The van der Waals surface area contributed by atoms with E-state index < -0.39 is 99.3 Å². The summed E-state index contributed by atoms with van der Waals surface area (Å²) in [7, 11) is 0. The van der Waals surface area contributed by atoms with Crippen molar-refractivity contribution in [1.82, 2.24) is 0 Å². The first kappa shape index (κ1) is 57.4. The molecule has 5 unspecified atom stereocenters. The van der Waals surface area contributed by atoms with Gasteiger partial charge in [-0.25, -0.2) is 0 Å². The van der Waals surface area contributed by atoms with Gasteiger partial charge in [-0.05, 0) is 75.4 Å². The molecular weight excluding hydrogens is 885 g/mol. The van der Waals surface area contributed by atoms with Gasteiger partial charge in [0.1, 0.15) is 55.4 Å². The lowest BCUT2D eigenvalue weighted by Gasteiger charge is -2.42. The van der Waals surface area contributed by atoms with E-state index in [9.17, 15) is 54.9 Å². The number of carbonyl (C=O) groups excluding carboxylic acids is 4. The van der Waals surface area contributed by atoms with E-state index >= 15 is 0 Å². The van der Waals surface area contributed by atoms with Gasteiger partial charge in [-0.15, -0.1) is 0 Å². The molecule has 0 aromatic rings. The molecule has 0 aromatic carbocycles. The van der Waals surface area contributed by atoms with E-state index in [0.29, 0.717) is 12.8 Å². The smallest absolute Gasteiger partial charge is 0.306 e. The zero-order chi connectivity index (χ0) is 49.4. The number of hydrogen-bond donors (Lipinski definition) is 7. The van der Waals surface area contributed by atoms with E-state index in [4.69, 9.17) is 28.4 Å². The van der Waals surface area contributed by atoms with Crippen LogP contribution in [0.3, 0.4) is 0 Å². The van der Waals surface area contributed by atoms with Crippen molar-refractivity contribution in [2.45, 2.75) is 197 Å². The second-order valence-corrected chi connectivity index (χ2v) is 18.6. The zero-order valence-electron chi connectivity index (χ0n) is 40.0. The molecule has 0 aromatic heterocycles. The van der Waals surface area contributed by atoms with Crippen LogP contribution < -0.4 is 0 Å². The third-order valence-electron chi connectivity index (χ3n) is 13.3. The second-order valence-electron chi connectivity index (χ2n) is 18.6. The standard InChI is InChI=1S/C51H80O17/c1-3-5-13-21-36-33(25-27-38(36)53)19-15-9-7-11-17-23-42(55)63-30-35(66-43(56)24-18-12-8-10-16-20-34-26-28-39(54)37(34)22-14-6-4-2)31-64-50-49(62)47(60)45(58)41(68-50)32-65-51-48(61)46(59)44(57)40(29-52)67-51/h5-6,13-14,25-28,33-37,40-41,44-52,57-62H,3-4,7-12,15-24,29-32H2,1-2H3/t33?,34?,35?,36?,37?,40-,41-,44+,45+,46+,47+,48-,49-,50-,51+/m1/s1. The van der Waals surface area contributed by atoms with Crippen molar-refractivity contribution in [3.05, 3.63) is 48.6 Å². The Bertz CT molecular complexity index is 1630. The molecular formula is C51H80O17. The van der Waals surface area contributed by atoms with E-state index in [2.05, 4.69) is 38.2 Å². The van der Waals surface area contributed by atoms with E-state index in [1.165, 1.54) is 0 Å². The third-order valence-corrected chi connectivity index (χ3v) is 13.3. The highest BCUT2D eigenvalue weighted by molar-refractivity contribution is 5.95. The minimum absolute atomic E-state index is 0.00956. The van der Waals surface area contributed by atoms with Crippen molar-refractivity contribution < 1.29 is 83.3 Å². The molecule has 2 saturated heterocycles. The average Bonchev–Trinajstić information content (AvgIpc) is 3.87. The molecule has 0 amide bonds. The molecule has 68 heavy (non-hydrogen) atoms. The number of esters is 2. The molecule has 0 saturated carbocycles. The maximum atomic E-state index is 13.1. The molecule has 7 N–H and O–H groups in total. The highest BCUT2D eigenvalue weighted by Crippen LogP contribution is 2.32. The summed E-state index contributed by atoms with van der Waals surface area (Å²) in [6.07, 6.45) is 12.4. The van der Waals surface area contributed by atoms with Crippen molar-refractivity contribution in [3.8, 4) is 0 Å². The van der Waals surface area contributed by atoms with Crippen LogP contribution in [0.1, 0.15) is 129 Å². The van der Waals surface area contributed by atoms with Gasteiger partial charge in [-0.2, -0.15) is 0 Å². The first-order valence-electron chi connectivity index (χ1n) is 25.1. The molecule has 17 nitrogen and oxygen atoms in total. The number of ether oxygens (including phenoxy) is 6. The molecule has 0 bridgehead atoms. The quantitative estimate of drug-likeness (QED) is 0.0285. The Morgan fingerprint density at radius 3 is 1.59 bits per heavy atom. The highest BCUT2D eigenvalue weighted by Gasteiger charge is 2.48. The molecule has 0 radical (unpaired) electrons. The van der Waals surface area contributed by atoms with Crippen LogP contribution in [0.15, 0.2) is 48.6 Å². The summed E-state index contributed by atoms with van der Waals surface area (Å²) in [4.78, 5) is 50.6. The van der Waals surface area contributed by atoms with E-state index in [-0.39, 0.29) is 54.7 Å². The summed E-state index contributed by atoms with van der Waals surface area (Å²) in [5, 5.41) is 72.2. The van der Waals surface area contributed by atoms with Crippen molar-refractivity contribution >= 4 is 23.5 Å². The first-order valence-corrected chi connectivity index (χ1v) is 25.1. The SMILES string of the molecule is CCC=CCC1C(=O)C=CC1CCCCCCCC(=O)OCC(CO[C@@H]1O[C@H](CO[C@H]2O[C@H](CO)[C@H](O)[C@H](O)[C@H]2O)[C@H](O)[C@H](O)[C@H]1O)OC(=O)CCCCCCCC1C=CC(=O)C1CC=CCC. The van der Waals surface area contributed by atoms with Crippen LogP contribution in [0.4, 0.5) is 0 Å². The monoisotopic (exact) mass is 965 g/mol. The van der Waals surface area contributed by atoms with E-state index in [0.717, 1.165) is 89.9 Å². The number of unbranched alkanes of at least 4 members (excludes halogenated alkanes) is 8. The van der Waals surface area contributed by atoms with Gasteiger partial charge in [-0.3, -0.25) is 19.2 Å². The van der Waals surface area contributed by atoms with Crippen LogP contribution in [0.2, 0.25) is 0 Å². The third kappa shape index (κ3) is 18.5. The lowest BCUT2D eigenvalue weighted by atomic mass is 9.87. The van der Waals surface area contributed by atoms with Gasteiger partial charge in [0.2, 0.25) is 0 Å². The average molecular weight is 965 g/mol. The lowest BCUT2D eigenvalue weighted by Crippen LogP contribution is -2.61. The van der Waals surface area contributed by atoms with Gasteiger partial charge in [0.25, 0.3) is 0 Å². The van der Waals surface area contributed by atoms with Gasteiger partial charge < -0.3 is 64.2 Å². The molecule has 15 atom stereocenters. The fraction of sp³-hybridized carbons (Fsp3) is 0.765. The summed E-state index contributed by atoms with van der Waals surface area (Å²) in [6, 6.07) is 0. The number of aliphatic hydroxyl groups is 7. The highest BCUT2D eigenvalue weighted by atomic mass is 16.7. The minimum atomic E-state index is -1.80. The van der Waals surface area contributed by atoms with Crippen molar-refractivity contribution in [1.29, 1.82) is 0 Å². The minimum Gasteiger partial charge on any atom is -0.462 e. The van der Waals surface area contributed by atoms with Gasteiger partial charge >= 0.3 is 11.9 Å². The summed E-state index contributed by atoms with van der Waals surface area (Å²) in [6.45, 7) is 2.08. The maximum absolute atomic E-state index is 13.1.